The van der Waals surface area contributed by atoms with Crippen LogP contribution in [0.15, 0.2) is 24.3 Å². The van der Waals surface area contributed by atoms with Crippen molar-refractivity contribution >= 4 is 0 Å². The zero-order valence-corrected chi connectivity index (χ0v) is 15.2. The average molecular weight is 334 g/mol. The summed E-state index contributed by atoms with van der Waals surface area (Å²) in [5, 5.41) is 0. The molecule has 2 atom stereocenters. The molecular formula is C19H30N2O3. The Balaban J connectivity index is 1.62. The Hall–Kier alpha value is -1.14. The lowest BCUT2D eigenvalue weighted by molar-refractivity contribution is -0.0563. The molecule has 2 saturated heterocycles. The standard InChI is InChI=1S/C19H30N2O3/c1-20(2)11-17-10-19(24-13-17)14-21(8-9-23-15-19)12-16-4-6-18(22-3)7-5-16/h4-7,17H,8-15H2,1-3H3. The van der Waals surface area contributed by atoms with Gasteiger partial charge in [-0.15, -0.1) is 0 Å². The summed E-state index contributed by atoms with van der Waals surface area (Å²) in [4.78, 5) is 4.71. The van der Waals surface area contributed by atoms with Gasteiger partial charge in [-0.2, -0.15) is 0 Å². The quantitative estimate of drug-likeness (QED) is 0.821. The summed E-state index contributed by atoms with van der Waals surface area (Å²) in [5.41, 5.74) is 1.17. The monoisotopic (exact) mass is 334 g/mol. The predicted molar refractivity (Wildman–Crippen MR) is 94.4 cm³/mol. The molecule has 0 N–H and O–H groups in total. The summed E-state index contributed by atoms with van der Waals surface area (Å²) in [6.07, 6.45) is 1.09. The van der Waals surface area contributed by atoms with Crippen LogP contribution < -0.4 is 4.74 Å². The van der Waals surface area contributed by atoms with Gasteiger partial charge in [0.05, 0.1) is 26.9 Å². The van der Waals surface area contributed by atoms with E-state index in [0.29, 0.717) is 5.92 Å². The molecule has 5 nitrogen and oxygen atoms in total. The first-order chi connectivity index (χ1) is 11.6. The number of benzene rings is 1. The Morgan fingerprint density at radius 1 is 1.29 bits per heavy atom. The summed E-state index contributed by atoms with van der Waals surface area (Å²) >= 11 is 0. The van der Waals surface area contributed by atoms with Crippen LogP contribution in [0.1, 0.15) is 12.0 Å². The maximum Gasteiger partial charge on any atom is 0.118 e. The van der Waals surface area contributed by atoms with Crippen LogP contribution >= 0.6 is 0 Å². The minimum Gasteiger partial charge on any atom is -0.497 e. The lowest BCUT2D eigenvalue weighted by atomic mass is 9.94. The van der Waals surface area contributed by atoms with Gasteiger partial charge in [-0.25, -0.2) is 0 Å². The highest BCUT2D eigenvalue weighted by atomic mass is 16.5. The first-order valence-electron chi connectivity index (χ1n) is 8.80. The van der Waals surface area contributed by atoms with Gasteiger partial charge in [-0.05, 0) is 44.1 Å². The fourth-order valence-electron chi connectivity index (χ4n) is 3.89. The van der Waals surface area contributed by atoms with Gasteiger partial charge in [0.1, 0.15) is 11.4 Å². The van der Waals surface area contributed by atoms with E-state index in [4.69, 9.17) is 14.2 Å². The van der Waals surface area contributed by atoms with E-state index in [9.17, 15) is 0 Å². The summed E-state index contributed by atoms with van der Waals surface area (Å²) < 4.78 is 17.4. The molecule has 2 unspecified atom stereocenters. The molecule has 24 heavy (non-hydrogen) atoms. The Morgan fingerprint density at radius 2 is 2.08 bits per heavy atom. The maximum atomic E-state index is 6.27. The van der Waals surface area contributed by atoms with Crippen molar-refractivity contribution in [2.45, 2.75) is 18.6 Å². The molecule has 0 bridgehead atoms. The highest BCUT2D eigenvalue weighted by molar-refractivity contribution is 5.27. The van der Waals surface area contributed by atoms with Gasteiger partial charge in [-0.3, -0.25) is 4.90 Å². The van der Waals surface area contributed by atoms with E-state index in [-0.39, 0.29) is 5.60 Å². The molecule has 1 aromatic rings. The van der Waals surface area contributed by atoms with Crippen LogP contribution in [-0.4, -0.2) is 76.1 Å². The van der Waals surface area contributed by atoms with Gasteiger partial charge >= 0.3 is 0 Å². The van der Waals surface area contributed by atoms with Crippen molar-refractivity contribution in [2.24, 2.45) is 5.92 Å². The molecule has 2 heterocycles. The number of rotatable bonds is 5. The van der Waals surface area contributed by atoms with E-state index in [1.165, 1.54) is 5.56 Å². The van der Waals surface area contributed by atoms with Crippen molar-refractivity contribution in [1.82, 2.24) is 9.80 Å². The van der Waals surface area contributed by atoms with Crippen LogP contribution in [-0.2, 0) is 16.0 Å². The topological polar surface area (TPSA) is 34.2 Å². The summed E-state index contributed by atoms with van der Waals surface area (Å²) in [7, 11) is 5.96. The van der Waals surface area contributed by atoms with Gasteiger partial charge < -0.3 is 19.1 Å². The summed E-state index contributed by atoms with van der Waals surface area (Å²) in [6.45, 7) is 6.25. The second-order valence-corrected chi connectivity index (χ2v) is 7.44. The van der Waals surface area contributed by atoms with Crippen molar-refractivity contribution in [3.05, 3.63) is 29.8 Å². The van der Waals surface area contributed by atoms with E-state index < -0.39 is 0 Å². The number of hydrogen-bond acceptors (Lipinski definition) is 5. The molecule has 134 valence electrons. The molecule has 0 aliphatic carbocycles. The average Bonchev–Trinajstić information content (AvgIpc) is 2.82. The van der Waals surface area contributed by atoms with E-state index in [1.807, 2.05) is 12.1 Å². The van der Waals surface area contributed by atoms with Crippen LogP contribution in [0.5, 0.6) is 5.75 Å². The Morgan fingerprint density at radius 3 is 2.79 bits per heavy atom. The number of hydrogen-bond donors (Lipinski definition) is 0. The lowest BCUT2D eigenvalue weighted by Crippen LogP contribution is -2.44. The molecule has 5 heteroatoms. The van der Waals surface area contributed by atoms with Gasteiger partial charge in [0.25, 0.3) is 0 Å². The molecule has 0 amide bonds. The molecule has 2 aliphatic rings. The largest absolute Gasteiger partial charge is 0.497 e. The minimum absolute atomic E-state index is 0.135. The third-order valence-corrected chi connectivity index (χ3v) is 4.90. The molecule has 3 rings (SSSR count). The number of nitrogens with zero attached hydrogens (tertiary/aromatic N) is 2. The molecular weight excluding hydrogens is 304 g/mol. The van der Waals surface area contributed by atoms with Crippen molar-refractivity contribution in [1.29, 1.82) is 0 Å². The zero-order valence-electron chi connectivity index (χ0n) is 15.2. The van der Waals surface area contributed by atoms with Crippen LogP contribution in [0.3, 0.4) is 0 Å². The van der Waals surface area contributed by atoms with E-state index in [2.05, 4.69) is 36.0 Å². The predicted octanol–water partition coefficient (Wildman–Crippen LogP) is 1.86. The van der Waals surface area contributed by atoms with Crippen LogP contribution in [0, 0.1) is 5.92 Å². The first-order valence-corrected chi connectivity index (χ1v) is 8.80. The van der Waals surface area contributed by atoms with Gasteiger partial charge in [0, 0.05) is 26.2 Å². The molecule has 1 spiro atoms. The van der Waals surface area contributed by atoms with Crippen molar-refractivity contribution in [3.8, 4) is 5.75 Å². The molecule has 2 aliphatic heterocycles. The SMILES string of the molecule is COc1ccc(CN2CCOCC3(CC(CN(C)C)CO3)C2)cc1. The third-order valence-electron chi connectivity index (χ3n) is 4.90. The normalized spacial score (nSPS) is 28.4. The molecule has 0 radical (unpaired) electrons. The summed E-state index contributed by atoms with van der Waals surface area (Å²) in [5.74, 6) is 1.50. The fraction of sp³-hybridized carbons (Fsp3) is 0.684. The first kappa shape index (κ1) is 17.7. The van der Waals surface area contributed by atoms with E-state index in [0.717, 1.165) is 58.2 Å². The second kappa shape index (κ2) is 7.83. The highest BCUT2D eigenvalue weighted by Gasteiger charge is 2.43. The molecule has 0 saturated carbocycles. The molecule has 1 aromatic carbocycles. The van der Waals surface area contributed by atoms with E-state index >= 15 is 0 Å². The Kier molecular flexibility index (Phi) is 5.76. The van der Waals surface area contributed by atoms with Crippen LogP contribution in [0.2, 0.25) is 0 Å². The van der Waals surface area contributed by atoms with Crippen molar-refractivity contribution in [3.63, 3.8) is 0 Å². The lowest BCUT2D eigenvalue weighted by Gasteiger charge is -2.31. The number of methoxy groups -OCH3 is 1. The summed E-state index contributed by atoms with van der Waals surface area (Å²) in [6, 6.07) is 8.33. The van der Waals surface area contributed by atoms with Gasteiger partial charge in [0.15, 0.2) is 0 Å². The smallest absolute Gasteiger partial charge is 0.118 e. The minimum atomic E-state index is -0.135. The van der Waals surface area contributed by atoms with Crippen LogP contribution in [0.4, 0.5) is 0 Å². The third kappa shape index (κ3) is 4.48. The van der Waals surface area contributed by atoms with Gasteiger partial charge in [0.2, 0.25) is 0 Å². The van der Waals surface area contributed by atoms with Crippen LogP contribution in [0.25, 0.3) is 0 Å². The van der Waals surface area contributed by atoms with Crippen molar-refractivity contribution in [2.75, 3.05) is 60.7 Å². The number of ether oxygens (including phenoxy) is 3. The van der Waals surface area contributed by atoms with E-state index in [1.54, 1.807) is 7.11 Å². The second-order valence-electron chi connectivity index (χ2n) is 7.44. The zero-order chi connectivity index (χ0) is 17.0. The highest BCUT2D eigenvalue weighted by Crippen LogP contribution is 2.33. The fourth-order valence-corrected chi connectivity index (χ4v) is 3.89. The maximum absolute atomic E-state index is 6.27. The Labute approximate surface area is 145 Å². The van der Waals surface area contributed by atoms with Crippen molar-refractivity contribution < 1.29 is 14.2 Å². The molecule has 2 fully saturated rings. The van der Waals surface area contributed by atoms with Gasteiger partial charge in [-0.1, -0.05) is 12.1 Å². The molecule has 0 aromatic heterocycles. The Bertz CT molecular complexity index is 520.